The first-order valence-electron chi connectivity index (χ1n) is 7.04. The average Bonchev–Trinajstić information content (AvgIpc) is 2.89. The summed E-state index contributed by atoms with van der Waals surface area (Å²) in [7, 11) is 0. The zero-order chi connectivity index (χ0) is 14.1. The first-order valence-corrected chi connectivity index (χ1v) is 7.04. The average molecular weight is 269 g/mol. The standard InChI is InChI=1S/C14H23NO4/c1-10-13(2,7-8-19-10)15-11(16)9-14(12(17)18)5-3-4-6-14/h10H,3-9H2,1-2H3,(H,15,16)(H,17,18). The lowest BCUT2D eigenvalue weighted by molar-refractivity contribution is -0.151. The third kappa shape index (κ3) is 2.76. The van der Waals surface area contributed by atoms with E-state index >= 15 is 0 Å². The van der Waals surface area contributed by atoms with Gasteiger partial charge in [-0.05, 0) is 33.1 Å². The topological polar surface area (TPSA) is 75.6 Å². The van der Waals surface area contributed by atoms with Gasteiger partial charge < -0.3 is 15.2 Å². The van der Waals surface area contributed by atoms with Gasteiger partial charge in [0.15, 0.2) is 0 Å². The zero-order valence-corrected chi connectivity index (χ0v) is 11.7. The molecule has 2 fully saturated rings. The van der Waals surface area contributed by atoms with E-state index < -0.39 is 11.4 Å². The molecule has 1 aliphatic heterocycles. The summed E-state index contributed by atoms with van der Waals surface area (Å²) in [5, 5.41) is 12.4. The number of hydrogen-bond acceptors (Lipinski definition) is 3. The van der Waals surface area contributed by atoms with Crippen molar-refractivity contribution in [2.24, 2.45) is 5.41 Å². The Morgan fingerprint density at radius 2 is 1.95 bits per heavy atom. The minimum atomic E-state index is -0.844. The number of carbonyl (C=O) groups is 2. The van der Waals surface area contributed by atoms with Crippen LogP contribution in [0.3, 0.4) is 0 Å². The van der Waals surface area contributed by atoms with Crippen molar-refractivity contribution in [3.63, 3.8) is 0 Å². The van der Waals surface area contributed by atoms with E-state index in [1.54, 1.807) is 0 Å². The van der Waals surface area contributed by atoms with E-state index in [9.17, 15) is 14.7 Å². The van der Waals surface area contributed by atoms with Crippen LogP contribution in [0.4, 0.5) is 0 Å². The SMILES string of the molecule is CC1OCCC1(C)NC(=O)CC1(C(=O)O)CCCC1. The van der Waals surface area contributed by atoms with Gasteiger partial charge in [-0.15, -0.1) is 0 Å². The van der Waals surface area contributed by atoms with E-state index in [2.05, 4.69) is 5.32 Å². The van der Waals surface area contributed by atoms with Crippen molar-refractivity contribution in [3.05, 3.63) is 0 Å². The van der Waals surface area contributed by atoms with Crippen LogP contribution in [-0.4, -0.2) is 35.2 Å². The Balaban J connectivity index is 1.99. The summed E-state index contributed by atoms with van der Waals surface area (Å²) < 4.78 is 5.48. The first-order chi connectivity index (χ1) is 8.88. The number of carbonyl (C=O) groups excluding carboxylic acids is 1. The van der Waals surface area contributed by atoms with Crippen LogP contribution in [0.25, 0.3) is 0 Å². The normalized spacial score (nSPS) is 33.3. The monoisotopic (exact) mass is 269 g/mol. The molecular formula is C14H23NO4. The quantitative estimate of drug-likeness (QED) is 0.814. The summed E-state index contributed by atoms with van der Waals surface area (Å²) in [5.41, 5.74) is -1.21. The molecule has 5 nitrogen and oxygen atoms in total. The number of hydrogen-bond donors (Lipinski definition) is 2. The fourth-order valence-electron chi connectivity index (χ4n) is 3.19. The Morgan fingerprint density at radius 1 is 1.32 bits per heavy atom. The molecule has 1 aliphatic carbocycles. The lowest BCUT2D eigenvalue weighted by Crippen LogP contribution is -2.52. The van der Waals surface area contributed by atoms with Crippen molar-refractivity contribution < 1.29 is 19.4 Å². The summed E-state index contributed by atoms with van der Waals surface area (Å²) in [6.45, 7) is 4.54. The van der Waals surface area contributed by atoms with Gasteiger partial charge in [0.05, 0.1) is 17.1 Å². The minimum Gasteiger partial charge on any atom is -0.481 e. The van der Waals surface area contributed by atoms with Gasteiger partial charge in [0.1, 0.15) is 0 Å². The van der Waals surface area contributed by atoms with Gasteiger partial charge >= 0.3 is 5.97 Å². The van der Waals surface area contributed by atoms with Crippen LogP contribution < -0.4 is 5.32 Å². The smallest absolute Gasteiger partial charge is 0.310 e. The second-order valence-corrected chi connectivity index (χ2v) is 6.20. The number of nitrogens with one attached hydrogen (secondary N) is 1. The molecule has 1 saturated carbocycles. The Bertz CT molecular complexity index is 376. The maximum Gasteiger partial charge on any atom is 0.310 e. The molecule has 19 heavy (non-hydrogen) atoms. The summed E-state index contributed by atoms with van der Waals surface area (Å²) >= 11 is 0. The molecule has 5 heteroatoms. The molecule has 0 aromatic carbocycles. The molecular weight excluding hydrogens is 246 g/mol. The van der Waals surface area contributed by atoms with Crippen molar-refractivity contribution in [1.82, 2.24) is 5.32 Å². The largest absolute Gasteiger partial charge is 0.481 e. The number of rotatable bonds is 4. The molecule has 2 rings (SSSR count). The molecule has 1 saturated heterocycles. The van der Waals surface area contributed by atoms with Crippen molar-refractivity contribution in [2.75, 3.05) is 6.61 Å². The molecule has 0 radical (unpaired) electrons. The predicted molar refractivity (Wildman–Crippen MR) is 69.7 cm³/mol. The third-order valence-corrected chi connectivity index (χ3v) is 4.82. The van der Waals surface area contributed by atoms with Crippen LogP contribution in [0.2, 0.25) is 0 Å². The van der Waals surface area contributed by atoms with E-state index in [1.807, 2.05) is 13.8 Å². The highest BCUT2D eigenvalue weighted by molar-refractivity contribution is 5.85. The molecule has 0 bridgehead atoms. The van der Waals surface area contributed by atoms with E-state index in [1.165, 1.54) is 0 Å². The summed E-state index contributed by atoms with van der Waals surface area (Å²) in [4.78, 5) is 23.6. The lowest BCUT2D eigenvalue weighted by atomic mass is 9.82. The maximum absolute atomic E-state index is 12.2. The molecule has 0 aromatic rings. The third-order valence-electron chi connectivity index (χ3n) is 4.82. The number of carboxylic acid groups (broad SMARTS) is 1. The number of amides is 1. The van der Waals surface area contributed by atoms with Gasteiger partial charge in [0, 0.05) is 13.0 Å². The second kappa shape index (κ2) is 5.12. The van der Waals surface area contributed by atoms with Gasteiger partial charge in [-0.2, -0.15) is 0 Å². The molecule has 2 atom stereocenters. The van der Waals surface area contributed by atoms with Crippen molar-refractivity contribution in [2.45, 2.75) is 64.0 Å². The fraction of sp³-hybridized carbons (Fsp3) is 0.857. The van der Waals surface area contributed by atoms with E-state index in [0.717, 1.165) is 19.3 Å². The van der Waals surface area contributed by atoms with Crippen LogP contribution in [0.15, 0.2) is 0 Å². The van der Waals surface area contributed by atoms with Crippen LogP contribution in [0, 0.1) is 5.41 Å². The number of carboxylic acids is 1. The Labute approximate surface area is 113 Å². The molecule has 1 amide bonds. The number of aliphatic carboxylic acids is 1. The summed E-state index contributed by atoms with van der Waals surface area (Å²) in [6, 6.07) is 0. The van der Waals surface area contributed by atoms with Gasteiger partial charge in [0.2, 0.25) is 5.91 Å². The fourth-order valence-corrected chi connectivity index (χ4v) is 3.19. The van der Waals surface area contributed by atoms with E-state index in [-0.39, 0.29) is 24.0 Å². The van der Waals surface area contributed by atoms with E-state index in [4.69, 9.17) is 4.74 Å². The van der Waals surface area contributed by atoms with E-state index in [0.29, 0.717) is 19.4 Å². The predicted octanol–water partition coefficient (Wildman–Crippen LogP) is 1.71. The number of ether oxygens (including phenoxy) is 1. The Hall–Kier alpha value is -1.10. The van der Waals surface area contributed by atoms with Crippen LogP contribution in [-0.2, 0) is 14.3 Å². The van der Waals surface area contributed by atoms with Gasteiger partial charge in [-0.3, -0.25) is 9.59 Å². The lowest BCUT2D eigenvalue weighted by Gasteiger charge is -2.31. The molecule has 0 spiro atoms. The Morgan fingerprint density at radius 3 is 2.42 bits per heavy atom. The maximum atomic E-state index is 12.2. The molecule has 2 N–H and O–H groups in total. The molecule has 1 heterocycles. The summed E-state index contributed by atoms with van der Waals surface area (Å²) in [5.74, 6) is -0.995. The Kier molecular flexibility index (Phi) is 3.85. The van der Waals surface area contributed by atoms with Crippen molar-refractivity contribution >= 4 is 11.9 Å². The van der Waals surface area contributed by atoms with Gasteiger partial charge in [0.25, 0.3) is 0 Å². The van der Waals surface area contributed by atoms with Crippen LogP contribution in [0.1, 0.15) is 52.4 Å². The zero-order valence-electron chi connectivity index (χ0n) is 11.7. The molecule has 108 valence electrons. The highest BCUT2D eigenvalue weighted by atomic mass is 16.5. The highest BCUT2D eigenvalue weighted by Crippen LogP contribution is 2.41. The molecule has 2 aliphatic rings. The first kappa shape index (κ1) is 14.3. The van der Waals surface area contributed by atoms with Crippen LogP contribution in [0.5, 0.6) is 0 Å². The van der Waals surface area contributed by atoms with Crippen molar-refractivity contribution in [1.29, 1.82) is 0 Å². The van der Waals surface area contributed by atoms with Crippen molar-refractivity contribution in [3.8, 4) is 0 Å². The van der Waals surface area contributed by atoms with Crippen LogP contribution >= 0.6 is 0 Å². The molecule has 0 aromatic heterocycles. The summed E-state index contributed by atoms with van der Waals surface area (Å²) in [6.07, 6.45) is 3.86. The van der Waals surface area contributed by atoms with Gasteiger partial charge in [-0.25, -0.2) is 0 Å². The van der Waals surface area contributed by atoms with Gasteiger partial charge in [-0.1, -0.05) is 12.8 Å². The highest BCUT2D eigenvalue weighted by Gasteiger charge is 2.45. The second-order valence-electron chi connectivity index (χ2n) is 6.20. The molecule has 2 unspecified atom stereocenters. The minimum absolute atomic E-state index is 0.0270.